The van der Waals surface area contributed by atoms with Crippen LogP contribution < -0.4 is 9.47 Å². The predicted octanol–water partition coefficient (Wildman–Crippen LogP) is 5.59. The van der Waals surface area contributed by atoms with E-state index in [9.17, 15) is 0 Å². The second kappa shape index (κ2) is 6.87. The Hall–Kier alpha value is -2.57. The fourth-order valence-corrected chi connectivity index (χ4v) is 5.13. The van der Waals surface area contributed by atoms with Gasteiger partial charge in [-0.25, -0.2) is 9.97 Å². The van der Waals surface area contributed by atoms with E-state index in [1.54, 1.807) is 23.1 Å². The Morgan fingerprint density at radius 3 is 2.59 bits per heavy atom. The van der Waals surface area contributed by atoms with Crippen LogP contribution in [0.4, 0.5) is 0 Å². The summed E-state index contributed by atoms with van der Waals surface area (Å²) in [7, 11) is 0. The molecule has 0 N–H and O–H groups in total. The van der Waals surface area contributed by atoms with Gasteiger partial charge < -0.3 is 9.47 Å². The lowest BCUT2D eigenvalue weighted by molar-refractivity contribution is 0.171. The molecule has 2 aromatic carbocycles. The number of nitrogens with zero attached hydrogens (tertiary/aromatic N) is 2. The second-order valence-electron chi connectivity index (χ2n) is 6.18. The maximum Gasteiger partial charge on any atom is 0.162 e. The standard InChI is InChI=1S/C21H16N2O2S2/c1-13-22-20(26-15-7-8-17-18(11-15)25-10-9-24-17)16-12-19(27-21(16)23-13)14-5-3-2-4-6-14/h2-8,11-12H,9-10H2,1H3. The van der Waals surface area contributed by atoms with Crippen molar-refractivity contribution in [1.29, 1.82) is 0 Å². The van der Waals surface area contributed by atoms with Gasteiger partial charge in [-0.3, -0.25) is 0 Å². The predicted molar refractivity (Wildman–Crippen MR) is 109 cm³/mol. The molecule has 0 saturated heterocycles. The molecule has 6 heteroatoms. The number of ether oxygens (including phenoxy) is 2. The minimum absolute atomic E-state index is 0.586. The van der Waals surface area contributed by atoms with E-state index in [2.05, 4.69) is 35.3 Å². The summed E-state index contributed by atoms with van der Waals surface area (Å²) in [5.41, 5.74) is 1.20. The minimum Gasteiger partial charge on any atom is -0.486 e. The maximum atomic E-state index is 5.71. The van der Waals surface area contributed by atoms with Gasteiger partial charge in [-0.1, -0.05) is 42.1 Å². The molecule has 4 aromatic rings. The van der Waals surface area contributed by atoms with Gasteiger partial charge in [0.2, 0.25) is 0 Å². The summed E-state index contributed by atoms with van der Waals surface area (Å²) in [6, 6.07) is 18.6. The van der Waals surface area contributed by atoms with Gasteiger partial charge in [0.25, 0.3) is 0 Å². The van der Waals surface area contributed by atoms with Crippen molar-refractivity contribution in [3.63, 3.8) is 0 Å². The van der Waals surface area contributed by atoms with Gasteiger partial charge in [0.05, 0.1) is 0 Å². The topological polar surface area (TPSA) is 44.2 Å². The molecule has 27 heavy (non-hydrogen) atoms. The van der Waals surface area contributed by atoms with Crippen molar-refractivity contribution >= 4 is 33.3 Å². The van der Waals surface area contributed by atoms with Crippen LogP contribution in [0.2, 0.25) is 0 Å². The van der Waals surface area contributed by atoms with Crippen molar-refractivity contribution in [2.24, 2.45) is 0 Å². The van der Waals surface area contributed by atoms with Crippen molar-refractivity contribution in [3.8, 4) is 21.9 Å². The average Bonchev–Trinajstić information content (AvgIpc) is 3.13. The molecule has 3 heterocycles. The normalized spacial score (nSPS) is 13.1. The van der Waals surface area contributed by atoms with E-state index in [-0.39, 0.29) is 0 Å². The van der Waals surface area contributed by atoms with Crippen LogP contribution in [0.1, 0.15) is 5.82 Å². The van der Waals surface area contributed by atoms with Crippen LogP contribution >= 0.6 is 23.1 Å². The molecule has 4 nitrogen and oxygen atoms in total. The Kier molecular flexibility index (Phi) is 4.22. The van der Waals surface area contributed by atoms with Crippen molar-refractivity contribution in [1.82, 2.24) is 9.97 Å². The van der Waals surface area contributed by atoms with Crippen molar-refractivity contribution < 1.29 is 9.47 Å². The number of hydrogen-bond acceptors (Lipinski definition) is 6. The summed E-state index contributed by atoms with van der Waals surface area (Å²) in [5, 5.41) is 2.05. The fraction of sp³-hybridized carbons (Fsp3) is 0.143. The van der Waals surface area contributed by atoms with Crippen LogP contribution in [0.3, 0.4) is 0 Å². The van der Waals surface area contributed by atoms with Gasteiger partial charge in [0, 0.05) is 15.2 Å². The lowest BCUT2D eigenvalue weighted by atomic mass is 10.2. The quantitative estimate of drug-likeness (QED) is 0.425. The van der Waals surface area contributed by atoms with E-state index in [0.717, 1.165) is 37.5 Å². The summed E-state index contributed by atoms with van der Waals surface area (Å²) < 4.78 is 11.3. The Morgan fingerprint density at radius 1 is 0.926 bits per heavy atom. The highest BCUT2D eigenvalue weighted by Crippen LogP contribution is 2.41. The highest BCUT2D eigenvalue weighted by molar-refractivity contribution is 7.99. The number of fused-ring (bicyclic) bond motifs is 2. The Bertz CT molecular complexity index is 1130. The van der Waals surface area contributed by atoms with Gasteiger partial charge in [0.15, 0.2) is 11.5 Å². The van der Waals surface area contributed by atoms with E-state index in [1.165, 1.54) is 10.4 Å². The largest absolute Gasteiger partial charge is 0.486 e. The van der Waals surface area contributed by atoms with E-state index in [0.29, 0.717) is 13.2 Å². The molecule has 5 rings (SSSR count). The van der Waals surface area contributed by atoms with Crippen LogP contribution in [-0.4, -0.2) is 23.2 Å². The van der Waals surface area contributed by atoms with Crippen LogP contribution in [0.5, 0.6) is 11.5 Å². The van der Waals surface area contributed by atoms with E-state index in [4.69, 9.17) is 14.5 Å². The van der Waals surface area contributed by atoms with Crippen molar-refractivity contribution in [3.05, 3.63) is 60.4 Å². The van der Waals surface area contributed by atoms with Gasteiger partial charge in [-0.15, -0.1) is 11.3 Å². The first-order valence-electron chi connectivity index (χ1n) is 8.67. The van der Waals surface area contributed by atoms with Crippen molar-refractivity contribution in [2.75, 3.05) is 13.2 Å². The zero-order valence-electron chi connectivity index (χ0n) is 14.6. The molecule has 1 aliphatic heterocycles. The van der Waals surface area contributed by atoms with Crippen LogP contribution in [0.15, 0.2) is 64.5 Å². The van der Waals surface area contributed by atoms with Gasteiger partial charge >= 0.3 is 0 Å². The lowest BCUT2D eigenvalue weighted by Gasteiger charge is -2.18. The zero-order chi connectivity index (χ0) is 18.2. The van der Waals surface area contributed by atoms with E-state index >= 15 is 0 Å². The molecular formula is C21H16N2O2S2. The first-order valence-corrected chi connectivity index (χ1v) is 10.3. The summed E-state index contributed by atoms with van der Waals surface area (Å²) in [6.45, 7) is 3.13. The van der Waals surface area contributed by atoms with Crippen molar-refractivity contribution in [2.45, 2.75) is 16.8 Å². The zero-order valence-corrected chi connectivity index (χ0v) is 16.3. The molecule has 0 aliphatic carbocycles. The molecule has 0 saturated carbocycles. The minimum atomic E-state index is 0.586. The number of aryl methyl sites for hydroxylation is 1. The SMILES string of the molecule is Cc1nc(Sc2ccc3c(c2)OCCO3)c2cc(-c3ccccc3)sc2n1. The molecule has 0 amide bonds. The number of hydrogen-bond donors (Lipinski definition) is 0. The van der Waals surface area contributed by atoms with E-state index in [1.807, 2.05) is 31.2 Å². The molecule has 0 unspecified atom stereocenters. The fourth-order valence-electron chi connectivity index (χ4n) is 3.02. The Morgan fingerprint density at radius 2 is 1.74 bits per heavy atom. The third kappa shape index (κ3) is 3.26. The number of thiophene rings is 1. The highest BCUT2D eigenvalue weighted by Gasteiger charge is 2.16. The molecule has 0 spiro atoms. The summed E-state index contributed by atoms with van der Waals surface area (Å²) >= 11 is 3.34. The lowest BCUT2D eigenvalue weighted by Crippen LogP contribution is -2.15. The van der Waals surface area contributed by atoms with Crippen LogP contribution in [-0.2, 0) is 0 Å². The first-order chi connectivity index (χ1) is 13.3. The van der Waals surface area contributed by atoms with Crippen LogP contribution in [0, 0.1) is 6.92 Å². The Balaban J connectivity index is 1.55. The molecule has 0 radical (unpaired) electrons. The van der Waals surface area contributed by atoms with Gasteiger partial charge in [0.1, 0.15) is 28.9 Å². The molecule has 1 aliphatic rings. The highest BCUT2D eigenvalue weighted by atomic mass is 32.2. The molecular weight excluding hydrogens is 376 g/mol. The third-order valence-corrected chi connectivity index (χ3v) is 6.33. The van der Waals surface area contributed by atoms with Gasteiger partial charge in [-0.2, -0.15) is 0 Å². The number of benzene rings is 2. The summed E-state index contributed by atoms with van der Waals surface area (Å²) in [6.07, 6.45) is 0. The smallest absolute Gasteiger partial charge is 0.162 e. The summed E-state index contributed by atoms with van der Waals surface area (Å²) in [4.78, 5) is 12.6. The first kappa shape index (κ1) is 16.6. The molecule has 2 aromatic heterocycles. The van der Waals surface area contributed by atoms with Crippen LogP contribution in [0.25, 0.3) is 20.7 Å². The average molecular weight is 393 g/mol. The maximum absolute atomic E-state index is 5.71. The van der Waals surface area contributed by atoms with Gasteiger partial charge in [-0.05, 0) is 36.8 Å². The van der Waals surface area contributed by atoms with E-state index < -0.39 is 0 Å². The summed E-state index contributed by atoms with van der Waals surface area (Å²) in [5.74, 6) is 2.38. The second-order valence-corrected chi connectivity index (χ2v) is 8.27. The number of rotatable bonds is 3. The molecule has 134 valence electrons. The number of aromatic nitrogens is 2. The molecule has 0 atom stereocenters. The molecule has 0 bridgehead atoms. The third-order valence-electron chi connectivity index (χ3n) is 4.26. The monoisotopic (exact) mass is 392 g/mol. The Labute approximate surface area is 165 Å². The molecule has 0 fully saturated rings.